The molecule has 3 rings (SSSR count). The first kappa shape index (κ1) is 11.8. The van der Waals surface area contributed by atoms with Crippen LogP contribution in [0.1, 0.15) is 36.6 Å². The van der Waals surface area contributed by atoms with Crippen LogP contribution in [0.15, 0.2) is 35.7 Å². The molecular weight excluding hydrogens is 242 g/mol. The molecule has 1 aromatic heterocycles. The van der Waals surface area contributed by atoms with Gasteiger partial charge in [0.15, 0.2) is 5.16 Å². The van der Waals surface area contributed by atoms with Gasteiger partial charge in [-0.2, -0.15) is 5.10 Å². The average molecular weight is 259 g/mol. The van der Waals surface area contributed by atoms with Gasteiger partial charge < -0.3 is 0 Å². The number of fused-ring (bicyclic) bond motifs is 1. The van der Waals surface area contributed by atoms with Gasteiger partial charge in [0.2, 0.25) is 0 Å². The zero-order valence-corrected chi connectivity index (χ0v) is 11.5. The molecule has 0 bridgehead atoms. The van der Waals surface area contributed by atoms with Crippen molar-refractivity contribution in [2.45, 2.75) is 37.1 Å². The molecule has 1 unspecified atom stereocenters. The quantitative estimate of drug-likeness (QED) is 0.895. The molecule has 0 fully saturated rings. The van der Waals surface area contributed by atoms with Crippen LogP contribution in [0, 0.1) is 5.41 Å². The molecule has 3 nitrogen and oxygen atoms in total. The number of nitrogens with one attached hydrogen (secondary N) is 1. The summed E-state index contributed by atoms with van der Waals surface area (Å²) in [6, 6.07) is 8.77. The SMILES string of the molecule is CC1(C)Cc2ccccc2C(Sc2ncn[nH]2)C1. The van der Waals surface area contributed by atoms with Crippen molar-refractivity contribution in [1.82, 2.24) is 15.2 Å². The van der Waals surface area contributed by atoms with E-state index in [1.165, 1.54) is 17.5 Å². The lowest BCUT2D eigenvalue weighted by Crippen LogP contribution is -2.24. The number of thioether (sulfide) groups is 1. The fraction of sp³-hybridized carbons (Fsp3) is 0.429. The Morgan fingerprint density at radius 1 is 1.33 bits per heavy atom. The van der Waals surface area contributed by atoms with Crippen molar-refractivity contribution in [3.63, 3.8) is 0 Å². The Kier molecular flexibility index (Phi) is 2.90. The lowest BCUT2D eigenvalue weighted by Gasteiger charge is -2.36. The maximum atomic E-state index is 4.23. The third kappa shape index (κ3) is 2.29. The summed E-state index contributed by atoms with van der Waals surface area (Å²) >= 11 is 1.79. The normalized spacial score (nSPS) is 21.6. The second kappa shape index (κ2) is 4.43. The summed E-state index contributed by atoms with van der Waals surface area (Å²) in [7, 11) is 0. The minimum atomic E-state index is 0.353. The van der Waals surface area contributed by atoms with Crippen LogP contribution in [0.2, 0.25) is 0 Å². The molecule has 1 N–H and O–H groups in total. The van der Waals surface area contributed by atoms with Gasteiger partial charge in [0.25, 0.3) is 0 Å². The fourth-order valence-electron chi connectivity index (χ4n) is 2.70. The van der Waals surface area contributed by atoms with Gasteiger partial charge in [-0.1, -0.05) is 49.9 Å². The number of hydrogen-bond acceptors (Lipinski definition) is 3. The lowest BCUT2D eigenvalue weighted by atomic mass is 9.74. The molecule has 2 aromatic rings. The monoisotopic (exact) mass is 259 g/mol. The van der Waals surface area contributed by atoms with E-state index in [0.717, 1.165) is 11.6 Å². The van der Waals surface area contributed by atoms with E-state index in [9.17, 15) is 0 Å². The molecule has 4 heteroatoms. The minimum absolute atomic E-state index is 0.353. The Bertz CT molecular complexity index is 534. The number of aromatic amines is 1. The number of benzene rings is 1. The van der Waals surface area contributed by atoms with Crippen LogP contribution >= 0.6 is 11.8 Å². The van der Waals surface area contributed by atoms with E-state index in [1.54, 1.807) is 18.1 Å². The van der Waals surface area contributed by atoms with Gasteiger partial charge in [0.1, 0.15) is 6.33 Å². The highest BCUT2D eigenvalue weighted by atomic mass is 32.2. The van der Waals surface area contributed by atoms with E-state index in [-0.39, 0.29) is 0 Å². The van der Waals surface area contributed by atoms with E-state index in [4.69, 9.17) is 0 Å². The van der Waals surface area contributed by atoms with E-state index >= 15 is 0 Å². The topological polar surface area (TPSA) is 41.6 Å². The first-order valence-electron chi connectivity index (χ1n) is 6.24. The molecular formula is C14H17N3S. The molecule has 0 aliphatic heterocycles. The maximum absolute atomic E-state index is 4.23. The molecule has 0 saturated heterocycles. The Morgan fingerprint density at radius 3 is 2.94 bits per heavy atom. The van der Waals surface area contributed by atoms with Crippen LogP contribution in [0.5, 0.6) is 0 Å². The average Bonchev–Trinajstić information content (AvgIpc) is 2.80. The number of nitrogens with zero attached hydrogens (tertiary/aromatic N) is 2. The molecule has 0 spiro atoms. The smallest absolute Gasteiger partial charge is 0.183 e. The summed E-state index contributed by atoms with van der Waals surface area (Å²) < 4.78 is 0. The molecule has 94 valence electrons. The zero-order chi connectivity index (χ0) is 12.6. The Hall–Kier alpha value is -1.29. The summed E-state index contributed by atoms with van der Waals surface area (Å²) in [5.74, 6) is 0. The van der Waals surface area contributed by atoms with Gasteiger partial charge in [-0.05, 0) is 29.4 Å². The van der Waals surface area contributed by atoms with Crippen molar-refractivity contribution in [2.75, 3.05) is 0 Å². The Morgan fingerprint density at radius 2 is 2.17 bits per heavy atom. The number of rotatable bonds is 2. The highest BCUT2D eigenvalue weighted by Gasteiger charge is 2.32. The third-order valence-electron chi connectivity index (χ3n) is 3.46. The number of H-pyrrole nitrogens is 1. The van der Waals surface area contributed by atoms with Crippen LogP contribution in [-0.2, 0) is 6.42 Å². The van der Waals surface area contributed by atoms with Crippen molar-refractivity contribution >= 4 is 11.8 Å². The second-order valence-electron chi connectivity index (χ2n) is 5.64. The molecule has 1 atom stereocenters. The highest BCUT2D eigenvalue weighted by Crippen LogP contribution is 2.48. The predicted molar refractivity (Wildman–Crippen MR) is 73.5 cm³/mol. The third-order valence-corrected chi connectivity index (χ3v) is 4.58. The van der Waals surface area contributed by atoms with Gasteiger partial charge >= 0.3 is 0 Å². The van der Waals surface area contributed by atoms with Crippen molar-refractivity contribution in [1.29, 1.82) is 0 Å². The maximum Gasteiger partial charge on any atom is 0.183 e. The van der Waals surface area contributed by atoms with E-state index in [0.29, 0.717) is 10.7 Å². The number of aromatic nitrogens is 3. The van der Waals surface area contributed by atoms with Crippen molar-refractivity contribution < 1.29 is 0 Å². The first-order valence-corrected chi connectivity index (χ1v) is 7.12. The molecule has 1 heterocycles. The summed E-state index contributed by atoms with van der Waals surface area (Å²) in [5.41, 5.74) is 3.29. The van der Waals surface area contributed by atoms with Gasteiger partial charge in [0.05, 0.1) is 0 Å². The first-order chi connectivity index (χ1) is 8.64. The van der Waals surface area contributed by atoms with Crippen LogP contribution < -0.4 is 0 Å². The van der Waals surface area contributed by atoms with Crippen LogP contribution in [-0.4, -0.2) is 15.2 Å². The second-order valence-corrected chi connectivity index (χ2v) is 6.83. The summed E-state index contributed by atoms with van der Waals surface area (Å²) in [4.78, 5) is 4.23. The number of hydrogen-bond donors (Lipinski definition) is 1. The van der Waals surface area contributed by atoms with Crippen LogP contribution in [0.25, 0.3) is 0 Å². The Labute approximate surface area is 111 Å². The minimum Gasteiger partial charge on any atom is -0.254 e. The Balaban J connectivity index is 1.94. The van der Waals surface area contributed by atoms with E-state index in [1.807, 2.05) is 0 Å². The van der Waals surface area contributed by atoms with Crippen molar-refractivity contribution in [3.05, 3.63) is 41.7 Å². The molecule has 0 radical (unpaired) electrons. The van der Waals surface area contributed by atoms with E-state index < -0.39 is 0 Å². The predicted octanol–water partition coefficient (Wildman–Crippen LogP) is 3.61. The van der Waals surface area contributed by atoms with Crippen LogP contribution in [0.3, 0.4) is 0 Å². The van der Waals surface area contributed by atoms with Crippen LogP contribution in [0.4, 0.5) is 0 Å². The summed E-state index contributed by atoms with van der Waals surface area (Å²) in [6.45, 7) is 4.69. The molecule has 1 aromatic carbocycles. The van der Waals surface area contributed by atoms with E-state index in [2.05, 4.69) is 53.3 Å². The van der Waals surface area contributed by atoms with Gasteiger partial charge in [0, 0.05) is 5.25 Å². The largest absolute Gasteiger partial charge is 0.254 e. The summed E-state index contributed by atoms with van der Waals surface area (Å²) in [5, 5.41) is 8.25. The van der Waals surface area contributed by atoms with Gasteiger partial charge in [-0.3, -0.25) is 5.10 Å². The van der Waals surface area contributed by atoms with Gasteiger partial charge in [-0.15, -0.1) is 0 Å². The summed E-state index contributed by atoms with van der Waals surface area (Å²) in [6.07, 6.45) is 3.91. The highest BCUT2D eigenvalue weighted by molar-refractivity contribution is 7.99. The fourth-order valence-corrected chi connectivity index (χ4v) is 4.07. The molecule has 1 aliphatic rings. The van der Waals surface area contributed by atoms with Crippen molar-refractivity contribution in [3.8, 4) is 0 Å². The molecule has 18 heavy (non-hydrogen) atoms. The lowest BCUT2D eigenvalue weighted by molar-refractivity contribution is 0.312. The molecule has 0 saturated carbocycles. The van der Waals surface area contributed by atoms with Crippen molar-refractivity contribution in [2.24, 2.45) is 5.41 Å². The zero-order valence-electron chi connectivity index (χ0n) is 10.7. The van der Waals surface area contributed by atoms with Gasteiger partial charge in [-0.25, -0.2) is 4.98 Å². The molecule has 0 amide bonds. The standard InChI is InChI=1S/C14H17N3S/c1-14(2)7-10-5-3-4-6-11(10)12(8-14)18-13-15-9-16-17-13/h3-6,9,12H,7-8H2,1-2H3,(H,15,16,17). The molecule has 1 aliphatic carbocycles.